The Kier molecular flexibility index (Phi) is 8.19. The van der Waals surface area contributed by atoms with Crippen LogP contribution < -0.4 is 25.6 Å². The topological polar surface area (TPSA) is 106 Å². The second kappa shape index (κ2) is 11.1. The molecule has 3 amide bonds. The quantitative estimate of drug-likeness (QED) is 0.496. The van der Waals surface area contributed by atoms with Crippen molar-refractivity contribution in [2.75, 3.05) is 18.6 Å². The number of nitrogens with one attached hydrogen (secondary N) is 3. The summed E-state index contributed by atoms with van der Waals surface area (Å²) >= 11 is 4.88. The Morgan fingerprint density at radius 2 is 1.81 bits per heavy atom. The SMILES string of the molecule is CSCC[C@H](NC(=O)c1ccccc1Br)C(=O)NNC(=O)[C@H]1COc2ccccc2O1. The fraction of sp³-hybridized carbons (Fsp3) is 0.286. The van der Waals surface area contributed by atoms with Gasteiger partial charge in [0.1, 0.15) is 12.6 Å². The van der Waals surface area contributed by atoms with Gasteiger partial charge in [0.25, 0.3) is 17.7 Å². The highest BCUT2D eigenvalue weighted by Gasteiger charge is 2.29. The first-order valence-electron chi connectivity index (χ1n) is 9.52. The molecule has 2 aromatic rings. The number of hydrogen-bond acceptors (Lipinski definition) is 6. The van der Waals surface area contributed by atoms with Crippen LogP contribution in [0.3, 0.4) is 0 Å². The van der Waals surface area contributed by atoms with E-state index in [1.165, 1.54) is 0 Å². The molecule has 3 rings (SSSR count). The second-order valence-electron chi connectivity index (χ2n) is 6.63. The molecule has 164 valence electrons. The van der Waals surface area contributed by atoms with Gasteiger partial charge in [-0.25, -0.2) is 0 Å². The smallest absolute Gasteiger partial charge is 0.283 e. The van der Waals surface area contributed by atoms with E-state index in [-0.39, 0.29) is 12.5 Å². The summed E-state index contributed by atoms with van der Waals surface area (Å²) < 4.78 is 11.8. The zero-order valence-corrected chi connectivity index (χ0v) is 19.1. The lowest BCUT2D eigenvalue weighted by Crippen LogP contribution is -2.56. The monoisotopic (exact) mass is 507 g/mol. The van der Waals surface area contributed by atoms with Gasteiger partial charge in [0.2, 0.25) is 6.10 Å². The molecule has 0 fully saturated rings. The Balaban J connectivity index is 1.57. The highest BCUT2D eigenvalue weighted by atomic mass is 79.9. The average molecular weight is 508 g/mol. The molecule has 0 saturated carbocycles. The molecule has 0 bridgehead atoms. The van der Waals surface area contributed by atoms with Crippen LogP contribution in [0, 0.1) is 0 Å². The van der Waals surface area contributed by atoms with E-state index in [0.29, 0.717) is 33.7 Å². The van der Waals surface area contributed by atoms with Crippen LogP contribution in [-0.2, 0) is 9.59 Å². The summed E-state index contributed by atoms with van der Waals surface area (Å²) in [5.74, 6) is 0.198. The summed E-state index contributed by atoms with van der Waals surface area (Å²) in [6, 6.07) is 13.1. The van der Waals surface area contributed by atoms with Crippen molar-refractivity contribution in [1.29, 1.82) is 0 Å². The molecule has 1 heterocycles. The number of ether oxygens (including phenoxy) is 2. The third-order valence-corrected chi connectivity index (χ3v) is 5.80. The Morgan fingerprint density at radius 1 is 1.10 bits per heavy atom. The molecule has 0 radical (unpaired) electrons. The van der Waals surface area contributed by atoms with Gasteiger partial charge >= 0.3 is 0 Å². The third kappa shape index (κ3) is 6.14. The first-order chi connectivity index (χ1) is 15.0. The molecular formula is C21H22BrN3O5S. The molecule has 10 heteroatoms. The van der Waals surface area contributed by atoms with Crippen LogP contribution in [0.5, 0.6) is 11.5 Å². The van der Waals surface area contributed by atoms with Gasteiger partial charge in [-0.05, 0) is 58.6 Å². The van der Waals surface area contributed by atoms with E-state index in [1.807, 2.05) is 6.26 Å². The van der Waals surface area contributed by atoms with Crippen LogP contribution in [0.15, 0.2) is 53.0 Å². The standard InChI is InChI=1S/C21H22BrN3O5S/c1-31-11-10-15(23-19(26)13-6-2-3-7-14(13)22)20(27)24-25-21(28)18-12-29-16-8-4-5-9-17(16)30-18/h2-9,15,18H,10-12H2,1H3,(H,23,26)(H,24,27)(H,25,28)/t15-,18+/m0/s1. The molecule has 1 aliphatic rings. The Bertz CT molecular complexity index is 958. The summed E-state index contributed by atoms with van der Waals surface area (Å²) in [7, 11) is 0. The molecule has 2 atom stereocenters. The van der Waals surface area contributed by atoms with Crippen LogP contribution in [0.1, 0.15) is 16.8 Å². The fourth-order valence-electron chi connectivity index (χ4n) is 2.83. The summed E-state index contributed by atoms with van der Waals surface area (Å²) in [5, 5.41) is 2.72. The van der Waals surface area contributed by atoms with Gasteiger partial charge in [-0.2, -0.15) is 11.8 Å². The van der Waals surface area contributed by atoms with Crippen molar-refractivity contribution >= 4 is 45.4 Å². The number of rotatable bonds is 7. The molecule has 0 aliphatic carbocycles. The molecule has 2 aromatic carbocycles. The first-order valence-corrected chi connectivity index (χ1v) is 11.7. The Labute approximate surface area is 192 Å². The number of carbonyl (C=O) groups is 3. The zero-order valence-electron chi connectivity index (χ0n) is 16.7. The van der Waals surface area contributed by atoms with E-state index in [0.717, 1.165) is 0 Å². The van der Waals surface area contributed by atoms with Gasteiger partial charge in [-0.15, -0.1) is 0 Å². The van der Waals surface area contributed by atoms with Crippen molar-refractivity contribution in [3.8, 4) is 11.5 Å². The molecule has 0 aromatic heterocycles. The zero-order chi connectivity index (χ0) is 22.2. The summed E-state index contributed by atoms with van der Waals surface area (Å²) in [5.41, 5.74) is 5.14. The number of halogens is 1. The number of fused-ring (bicyclic) bond motifs is 1. The van der Waals surface area contributed by atoms with E-state index in [4.69, 9.17) is 9.47 Å². The maximum absolute atomic E-state index is 12.7. The number of hydrogen-bond donors (Lipinski definition) is 3. The van der Waals surface area contributed by atoms with E-state index >= 15 is 0 Å². The minimum atomic E-state index is -0.908. The number of thioether (sulfide) groups is 1. The predicted molar refractivity (Wildman–Crippen MR) is 121 cm³/mol. The molecule has 8 nitrogen and oxygen atoms in total. The van der Waals surface area contributed by atoms with E-state index in [9.17, 15) is 14.4 Å². The lowest BCUT2D eigenvalue weighted by Gasteiger charge is -2.26. The number of para-hydroxylation sites is 2. The van der Waals surface area contributed by atoms with Gasteiger partial charge in [-0.3, -0.25) is 25.2 Å². The molecule has 3 N–H and O–H groups in total. The van der Waals surface area contributed by atoms with E-state index in [1.54, 1.807) is 60.3 Å². The summed E-state index contributed by atoms with van der Waals surface area (Å²) in [4.78, 5) is 37.7. The largest absolute Gasteiger partial charge is 0.485 e. The highest BCUT2D eigenvalue weighted by molar-refractivity contribution is 9.10. The maximum Gasteiger partial charge on any atom is 0.283 e. The van der Waals surface area contributed by atoms with Gasteiger partial charge in [0.15, 0.2) is 11.5 Å². The number of benzene rings is 2. The molecule has 0 spiro atoms. The van der Waals surface area contributed by atoms with Crippen LogP contribution in [0.25, 0.3) is 0 Å². The van der Waals surface area contributed by atoms with Crippen LogP contribution in [-0.4, -0.2) is 48.5 Å². The number of hydrazine groups is 1. The highest BCUT2D eigenvalue weighted by Crippen LogP contribution is 2.30. The lowest BCUT2D eigenvalue weighted by molar-refractivity contribution is -0.135. The van der Waals surface area contributed by atoms with Gasteiger partial charge in [-0.1, -0.05) is 24.3 Å². The molecule has 31 heavy (non-hydrogen) atoms. The molecule has 1 aliphatic heterocycles. The average Bonchev–Trinajstić information content (AvgIpc) is 2.79. The fourth-order valence-corrected chi connectivity index (χ4v) is 3.76. The van der Waals surface area contributed by atoms with Crippen molar-refractivity contribution < 1.29 is 23.9 Å². The summed E-state index contributed by atoms with van der Waals surface area (Å²) in [6.45, 7) is 0.0212. The van der Waals surface area contributed by atoms with E-state index < -0.39 is 24.0 Å². The number of carbonyl (C=O) groups excluding carboxylic acids is 3. The van der Waals surface area contributed by atoms with Crippen LogP contribution >= 0.6 is 27.7 Å². The minimum absolute atomic E-state index is 0.0212. The molecule has 0 saturated heterocycles. The minimum Gasteiger partial charge on any atom is -0.485 e. The van der Waals surface area contributed by atoms with Crippen molar-refractivity contribution in [1.82, 2.24) is 16.2 Å². The van der Waals surface area contributed by atoms with Crippen molar-refractivity contribution in [3.05, 3.63) is 58.6 Å². The first kappa shape index (κ1) is 23.0. The predicted octanol–water partition coefficient (Wildman–Crippen LogP) is 2.29. The van der Waals surface area contributed by atoms with Crippen molar-refractivity contribution in [2.45, 2.75) is 18.6 Å². The Morgan fingerprint density at radius 3 is 2.55 bits per heavy atom. The van der Waals surface area contributed by atoms with Gasteiger partial charge in [0, 0.05) is 4.47 Å². The van der Waals surface area contributed by atoms with Gasteiger partial charge < -0.3 is 14.8 Å². The third-order valence-electron chi connectivity index (χ3n) is 4.46. The summed E-state index contributed by atoms with van der Waals surface area (Å²) in [6.07, 6.45) is 1.40. The normalized spacial score (nSPS) is 15.5. The number of amides is 3. The van der Waals surface area contributed by atoms with Crippen molar-refractivity contribution in [3.63, 3.8) is 0 Å². The molecule has 0 unspecified atom stereocenters. The van der Waals surface area contributed by atoms with Gasteiger partial charge in [0.05, 0.1) is 5.56 Å². The van der Waals surface area contributed by atoms with Crippen LogP contribution in [0.2, 0.25) is 0 Å². The Hall–Kier alpha value is -2.72. The van der Waals surface area contributed by atoms with Crippen LogP contribution in [0.4, 0.5) is 0 Å². The lowest BCUT2D eigenvalue weighted by atomic mass is 10.1. The second-order valence-corrected chi connectivity index (χ2v) is 8.47. The van der Waals surface area contributed by atoms with Crippen molar-refractivity contribution in [2.24, 2.45) is 0 Å². The van der Waals surface area contributed by atoms with E-state index in [2.05, 4.69) is 32.1 Å². The molecular weight excluding hydrogens is 486 g/mol. The maximum atomic E-state index is 12.7.